The van der Waals surface area contributed by atoms with E-state index in [4.69, 9.17) is 0 Å². The summed E-state index contributed by atoms with van der Waals surface area (Å²) in [5.41, 5.74) is 0.0678. The van der Waals surface area contributed by atoms with Crippen molar-refractivity contribution in [3.63, 3.8) is 0 Å². The number of aliphatic hydroxyl groups is 2. The van der Waals surface area contributed by atoms with Crippen molar-refractivity contribution in [3.8, 4) is 0 Å². The van der Waals surface area contributed by atoms with Crippen molar-refractivity contribution in [2.75, 3.05) is 13.2 Å². The van der Waals surface area contributed by atoms with Gasteiger partial charge in [-0.2, -0.15) is 0 Å². The molecule has 2 N–H and O–H groups in total. The molecule has 4 atom stereocenters. The van der Waals surface area contributed by atoms with E-state index >= 15 is 0 Å². The maximum Gasteiger partial charge on any atom is 0.0439 e. The highest BCUT2D eigenvalue weighted by atomic mass is 16.3. The number of aliphatic hydroxyl groups excluding tert-OH is 2. The van der Waals surface area contributed by atoms with E-state index in [0.717, 1.165) is 18.8 Å². The first-order valence-corrected chi connectivity index (χ1v) is 6.40. The first kappa shape index (κ1) is 10.5. The summed E-state index contributed by atoms with van der Waals surface area (Å²) in [6.45, 7) is 0.462. The number of hydrogen-bond donors (Lipinski definition) is 2. The molecule has 3 aliphatic carbocycles. The number of allylic oxidation sites excluding steroid dienone is 4. The third kappa shape index (κ3) is 1.26. The van der Waals surface area contributed by atoms with Crippen LogP contribution in [0.15, 0.2) is 24.3 Å². The summed E-state index contributed by atoms with van der Waals surface area (Å²) in [5.74, 6) is 2.73. The van der Waals surface area contributed by atoms with Crippen LogP contribution in [0.5, 0.6) is 0 Å². The Bertz CT molecular complexity index is 326. The van der Waals surface area contributed by atoms with Crippen molar-refractivity contribution in [2.24, 2.45) is 29.1 Å². The molecule has 3 aliphatic rings. The van der Waals surface area contributed by atoms with Crippen LogP contribution < -0.4 is 0 Å². The Hall–Kier alpha value is -0.600. The van der Waals surface area contributed by atoms with E-state index in [2.05, 4.69) is 24.3 Å². The first-order chi connectivity index (χ1) is 7.80. The Labute approximate surface area is 96.7 Å². The molecule has 0 heterocycles. The van der Waals surface area contributed by atoms with Gasteiger partial charge in [0.05, 0.1) is 0 Å². The highest BCUT2D eigenvalue weighted by Gasteiger charge is 2.54. The Balaban J connectivity index is 1.90. The number of hydrogen-bond acceptors (Lipinski definition) is 2. The predicted octanol–water partition coefficient (Wildman–Crippen LogP) is 1.75. The topological polar surface area (TPSA) is 40.5 Å². The molecule has 0 aliphatic heterocycles. The summed E-state index contributed by atoms with van der Waals surface area (Å²) < 4.78 is 0. The molecule has 1 saturated carbocycles. The lowest BCUT2D eigenvalue weighted by molar-refractivity contribution is 0.0974. The van der Waals surface area contributed by atoms with E-state index in [9.17, 15) is 10.2 Å². The molecule has 0 spiro atoms. The van der Waals surface area contributed by atoms with Crippen LogP contribution in [-0.2, 0) is 0 Å². The molecule has 0 aromatic rings. The molecular formula is C14H20O2. The van der Waals surface area contributed by atoms with Crippen molar-refractivity contribution in [2.45, 2.75) is 19.3 Å². The molecule has 2 bridgehead atoms. The first-order valence-electron chi connectivity index (χ1n) is 6.40. The lowest BCUT2D eigenvalue weighted by Crippen LogP contribution is -2.33. The van der Waals surface area contributed by atoms with E-state index in [1.807, 2.05) is 0 Å². The van der Waals surface area contributed by atoms with E-state index in [1.54, 1.807) is 0 Å². The van der Waals surface area contributed by atoms with Crippen molar-refractivity contribution in [1.29, 1.82) is 0 Å². The van der Waals surface area contributed by atoms with Gasteiger partial charge in [-0.05, 0) is 48.3 Å². The van der Waals surface area contributed by atoms with Gasteiger partial charge in [-0.3, -0.25) is 0 Å². The molecule has 2 nitrogen and oxygen atoms in total. The predicted molar refractivity (Wildman–Crippen MR) is 62.7 cm³/mol. The third-order valence-electron chi connectivity index (χ3n) is 4.99. The van der Waals surface area contributed by atoms with Gasteiger partial charge in [0.25, 0.3) is 0 Å². The van der Waals surface area contributed by atoms with Crippen molar-refractivity contribution in [3.05, 3.63) is 24.3 Å². The second-order valence-electron chi connectivity index (χ2n) is 5.59. The van der Waals surface area contributed by atoms with Gasteiger partial charge in [-0.15, -0.1) is 0 Å². The minimum Gasteiger partial charge on any atom is -0.396 e. The fourth-order valence-electron chi connectivity index (χ4n) is 4.39. The van der Waals surface area contributed by atoms with Crippen LogP contribution in [0.25, 0.3) is 0 Å². The molecule has 0 aromatic heterocycles. The van der Waals surface area contributed by atoms with Gasteiger partial charge < -0.3 is 10.2 Å². The van der Waals surface area contributed by atoms with Crippen LogP contribution in [0.3, 0.4) is 0 Å². The monoisotopic (exact) mass is 220 g/mol. The van der Waals surface area contributed by atoms with Crippen molar-refractivity contribution in [1.82, 2.24) is 0 Å². The number of fused-ring (bicyclic) bond motifs is 5. The van der Waals surface area contributed by atoms with Gasteiger partial charge in [0, 0.05) is 13.2 Å². The van der Waals surface area contributed by atoms with Crippen LogP contribution in [-0.4, -0.2) is 23.4 Å². The quantitative estimate of drug-likeness (QED) is 0.709. The van der Waals surface area contributed by atoms with Gasteiger partial charge in [0.1, 0.15) is 0 Å². The third-order valence-corrected chi connectivity index (χ3v) is 4.99. The maximum absolute atomic E-state index is 9.28. The summed E-state index contributed by atoms with van der Waals surface area (Å²) in [5, 5.41) is 18.6. The minimum atomic E-state index is 0.0678. The molecule has 88 valence electrons. The zero-order chi connectivity index (χ0) is 11.2. The summed E-state index contributed by atoms with van der Waals surface area (Å²) in [6, 6.07) is 0. The molecule has 3 rings (SSSR count). The molecule has 2 heteroatoms. The zero-order valence-electron chi connectivity index (χ0n) is 9.55. The highest BCUT2D eigenvalue weighted by molar-refractivity contribution is 5.28. The maximum atomic E-state index is 9.28. The zero-order valence-corrected chi connectivity index (χ0v) is 9.55. The molecule has 4 unspecified atom stereocenters. The van der Waals surface area contributed by atoms with E-state index in [1.165, 1.54) is 6.42 Å². The Kier molecular flexibility index (Phi) is 2.45. The van der Waals surface area contributed by atoms with Gasteiger partial charge in [-0.25, -0.2) is 0 Å². The smallest absolute Gasteiger partial charge is 0.0439 e. The SMILES string of the molecule is OCCC1(CCO)C=CC2C3C=CC(C3)C21. The van der Waals surface area contributed by atoms with Crippen molar-refractivity contribution >= 4 is 0 Å². The highest BCUT2D eigenvalue weighted by Crippen LogP contribution is 2.61. The molecule has 0 radical (unpaired) electrons. The number of rotatable bonds is 4. The van der Waals surface area contributed by atoms with Crippen LogP contribution in [0.4, 0.5) is 0 Å². The van der Waals surface area contributed by atoms with Crippen LogP contribution in [0.1, 0.15) is 19.3 Å². The Morgan fingerprint density at radius 3 is 2.38 bits per heavy atom. The average Bonchev–Trinajstić information content (AvgIpc) is 2.92. The Morgan fingerprint density at radius 2 is 1.69 bits per heavy atom. The van der Waals surface area contributed by atoms with Crippen molar-refractivity contribution < 1.29 is 10.2 Å². The summed E-state index contributed by atoms with van der Waals surface area (Å²) >= 11 is 0. The van der Waals surface area contributed by atoms with Crippen LogP contribution >= 0.6 is 0 Å². The molecule has 0 amide bonds. The van der Waals surface area contributed by atoms with Crippen LogP contribution in [0, 0.1) is 29.1 Å². The normalized spacial score (nSPS) is 41.9. The van der Waals surface area contributed by atoms with Gasteiger partial charge in [0.2, 0.25) is 0 Å². The average molecular weight is 220 g/mol. The van der Waals surface area contributed by atoms with E-state index in [0.29, 0.717) is 17.8 Å². The fraction of sp³-hybridized carbons (Fsp3) is 0.714. The van der Waals surface area contributed by atoms with Gasteiger partial charge in [0.15, 0.2) is 0 Å². The largest absolute Gasteiger partial charge is 0.396 e. The molecule has 0 saturated heterocycles. The second-order valence-corrected chi connectivity index (χ2v) is 5.59. The molecular weight excluding hydrogens is 200 g/mol. The van der Waals surface area contributed by atoms with Crippen LogP contribution in [0.2, 0.25) is 0 Å². The van der Waals surface area contributed by atoms with E-state index in [-0.39, 0.29) is 18.6 Å². The minimum absolute atomic E-state index is 0.0678. The molecule has 16 heavy (non-hydrogen) atoms. The summed E-state index contributed by atoms with van der Waals surface area (Å²) in [4.78, 5) is 0. The van der Waals surface area contributed by atoms with Gasteiger partial charge >= 0.3 is 0 Å². The second kappa shape index (κ2) is 3.71. The standard InChI is InChI=1S/C14H20O2/c15-7-5-14(6-8-16)4-3-12-10-1-2-11(9-10)13(12)14/h1-4,10-13,15-16H,5-9H2. The van der Waals surface area contributed by atoms with Gasteiger partial charge in [-0.1, -0.05) is 24.3 Å². The fourth-order valence-corrected chi connectivity index (χ4v) is 4.39. The van der Waals surface area contributed by atoms with E-state index < -0.39 is 0 Å². The molecule has 1 fully saturated rings. The lowest BCUT2D eigenvalue weighted by atomic mass is 9.66. The lowest BCUT2D eigenvalue weighted by Gasteiger charge is -2.38. The molecule has 0 aromatic carbocycles. The Morgan fingerprint density at radius 1 is 1.00 bits per heavy atom. The summed E-state index contributed by atoms with van der Waals surface area (Å²) in [6.07, 6.45) is 12.3. The summed E-state index contributed by atoms with van der Waals surface area (Å²) in [7, 11) is 0.